The molecule has 0 aromatic rings. The minimum atomic E-state index is -1.54. The zero-order valence-corrected chi connectivity index (χ0v) is 15.7. The molecular weight excluding hydrogens is 332 g/mol. The second kappa shape index (κ2) is 5.73. The van der Waals surface area contributed by atoms with Crippen LogP contribution in [-0.4, -0.2) is 45.2 Å². The zero-order valence-electron chi connectivity index (χ0n) is 15.7. The monoisotopic (exact) mass is 362 g/mol. The van der Waals surface area contributed by atoms with Gasteiger partial charge in [0, 0.05) is 11.8 Å². The molecule has 26 heavy (non-hydrogen) atoms. The summed E-state index contributed by atoms with van der Waals surface area (Å²) in [6.45, 7) is 3.46. The molecule has 0 aromatic carbocycles. The van der Waals surface area contributed by atoms with E-state index in [0.717, 1.165) is 25.7 Å². The first kappa shape index (κ1) is 18.3. The van der Waals surface area contributed by atoms with Gasteiger partial charge in [0.25, 0.3) is 0 Å². The van der Waals surface area contributed by atoms with Gasteiger partial charge >= 0.3 is 0 Å². The largest absolute Gasteiger partial charge is 0.393 e. The number of hydrogen-bond acceptors (Lipinski definition) is 5. The molecule has 144 valence electrons. The highest BCUT2D eigenvalue weighted by Crippen LogP contribution is 2.67. The van der Waals surface area contributed by atoms with Crippen molar-refractivity contribution >= 4 is 11.6 Å². The smallest absolute Gasteiger partial charge is 0.190 e. The first-order valence-corrected chi connectivity index (χ1v) is 9.96. The lowest BCUT2D eigenvalue weighted by molar-refractivity contribution is -0.182. The van der Waals surface area contributed by atoms with E-state index in [4.69, 9.17) is 0 Å². The maximum atomic E-state index is 12.4. The van der Waals surface area contributed by atoms with Crippen LogP contribution in [-0.2, 0) is 9.59 Å². The Balaban J connectivity index is 1.74. The second-order valence-corrected chi connectivity index (χ2v) is 9.56. The molecule has 0 amide bonds. The summed E-state index contributed by atoms with van der Waals surface area (Å²) >= 11 is 0. The molecular formula is C21H30O5. The van der Waals surface area contributed by atoms with E-state index in [2.05, 4.69) is 6.92 Å². The molecule has 0 unspecified atom stereocenters. The van der Waals surface area contributed by atoms with E-state index in [1.807, 2.05) is 6.92 Å². The van der Waals surface area contributed by atoms with Crippen LogP contribution in [0.3, 0.4) is 0 Å². The lowest BCUT2D eigenvalue weighted by Gasteiger charge is -2.60. The highest BCUT2D eigenvalue weighted by molar-refractivity contribution is 5.91. The number of Topliss-reactive ketones (excluding diaryl/α,β-unsaturated/α-hetero) is 1. The number of rotatable bonds is 2. The first-order valence-electron chi connectivity index (χ1n) is 9.96. The minimum absolute atomic E-state index is 0.0697. The van der Waals surface area contributed by atoms with Crippen molar-refractivity contribution in [3.8, 4) is 0 Å². The topological polar surface area (TPSA) is 94.8 Å². The Bertz CT molecular complexity index is 684. The standard InChI is InChI=1S/C21H30O5/c1-19-7-5-13(23)9-12(19)3-4-14-15-6-8-21(26,17(25)11-22)20(15,2)10-16(24)18(14)19/h9,14-16,18,22,24,26H,3-8,10-11H2,1-2H3/t14-,15+,16+,18-,19-,20-,21+/m0/s1. The summed E-state index contributed by atoms with van der Waals surface area (Å²) in [7, 11) is 0. The van der Waals surface area contributed by atoms with Crippen LogP contribution in [0.5, 0.6) is 0 Å². The number of carbonyl (C=O) groups excluding carboxylic acids is 2. The van der Waals surface area contributed by atoms with Crippen LogP contribution in [0.2, 0.25) is 0 Å². The third-order valence-electron chi connectivity index (χ3n) is 8.65. The van der Waals surface area contributed by atoms with Crippen molar-refractivity contribution in [1.29, 1.82) is 0 Å². The summed E-state index contributed by atoms with van der Waals surface area (Å²) in [4.78, 5) is 24.3. The van der Waals surface area contributed by atoms with E-state index >= 15 is 0 Å². The van der Waals surface area contributed by atoms with E-state index in [1.165, 1.54) is 5.57 Å². The third-order valence-corrected chi connectivity index (χ3v) is 8.65. The molecule has 4 aliphatic rings. The van der Waals surface area contributed by atoms with E-state index in [0.29, 0.717) is 19.3 Å². The first-order chi connectivity index (χ1) is 12.2. The average molecular weight is 362 g/mol. The predicted molar refractivity (Wildman–Crippen MR) is 95.1 cm³/mol. The number of carbonyl (C=O) groups is 2. The summed E-state index contributed by atoms with van der Waals surface area (Å²) in [6, 6.07) is 0. The lowest BCUT2D eigenvalue weighted by atomic mass is 9.45. The van der Waals surface area contributed by atoms with E-state index in [9.17, 15) is 24.9 Å². The Morgan fingerprint density at radius 1 is 1.23 bits per heavy atom. The molecule has 4 rings (SSSR count). The van der Waals surface area contributed by atoms with Gasteiger partial charge in [-0.1, -0.05) is 19.4 Å². The summed E-state index contributed by atoms with van der Waals surface area (Å²) in [5.74, 6) is 0.140. The van der Waals surface area contributed by atoms with Gasteiger partial charge in [-0.05, 0) is 67.8 Å². The molecule has 0 aromatic heterocycles. The minimum Gasteiger partial charge on any atom is -0.393 e. The number of ketones is 2. The normalized spacial score (nSPS) is 50.5. The van der Waals surface area contributed by atoms with Gasteiger partial charge in [-0.15, -0.1) is 0 Å². The Labute approximate surface area is 154 Å². The van der Waals surface area contributed by atoms with Crippen LogP contribution in [0.25, 0.3) is 0 Å². The SMILES string of the molecule is C[C@]12CCC(=O)C=C1CC[C@@H]1[C@H]2[C@H](O)C[C@@]2(C)[C@@H]1CC[C@@]2(O)C(=O)CO. The maximum Gasteiger partial charge on any atom is 0.190 e. The van der Waals surface area contributed by atoms with E-state index in [1.54, 1.807) is 6.08 Å². The molecule has 0 saturated heterocycles. The van der Waals surface area contributed by atoms with Gasteiger partial charge < -0.3 is 15.3 Å². The highest BCUT2D eigenvalue weighted by Gasteiger charge is 2.68. The molecule has 4 aliphatic carbocycles. The number of fused-ring (bicyclic) bond motifs is 5. The van der Waals surface area contributed by atoms with Crippen LogP contribution in [0, 0.1) is 28.6 Å². The lowest BCUT2D eigenvalue weighted by Crippen LogP contribution is -2.62. The molecule has 0 spiro atoms. The summed E-state index contributed by atoms with van der Waals surface area (Å²) in [5.41, 5.74) is -1.23. The molecule has 7 atom stereocenters. The van der Waals surface area contributed by atoms with Gasteiger partial charge in [0.1, 0.15) is 12.2 Å². The molecule has 5 heteroatoms. The molecule has 0 aliphatic heterocycles. The van der Waals surface area contributed by atoms with E-state index in [-0.39, 0.29) is 29.0 Å². The fraction of sp³-hybridized carbons (Fsp3) is 0.810. The molecule has 0 heterocycles. The van der Waals surface area contributed by atoms with E-state index < -0.39 is 29.5 Å². The van der Waals surface area contributed by atoms with Crippen LogP contribution in [0.1, 0.15) is 58.8 Å². The fourth-order valence-corrected chi connectivity index (χ4v) is 7.28. The maximum absolute atomic E-state index is 12.4. The fourth-order valence-electron chi connectivity index (χ4n) is 7.28. The second-order valence-electron chi connectivity index (χ2n) is 9.56. The summed E-state index contributed by atoms with van der Waals surface area (Å²) < 4.78 is 0. The van der Waals surface area contributed by atoms with Gasteiger partial charge in [-0.25, -0.2) is 0 Å². The number of allylic oxidation sites excluding steroid dienone is 1. The van der Waals surface area contributed by atoms with Crippen molar-refractivity contribution in [3.05, 3.63) is 11.6 Å². The molecule has 3 N–H and O–H groups in total. The quantitative estimate of drug-likeness (QED) is 0.696. The van der Waals surface area contributed by atoms with Crippen molar-refractivity contribution < 1.29 is 24.9 Å². The van der Waals surface area contributed by atoms with Crippen molar-refractivity contribution in [2.24, 2.45) is 28.6 Å². The molecule has 3 saturated carbocycles. The van der Waals surface area contributed by atoms with Crippen LogP contribution >= 0.6 is 0 Å². The predicted octanol–water partition coefficient (Wildman–Crippen LogP) is 1.78. The van der Waals surface area contributed by atoms with Crippen molar-refractivity contribution in [2.45, 2.75) is 70.5 Å². The third kappa shape index (κ3) is 2.14. The Hall–Kier alpha value is -1.04. The highest BCUT2D eigenvalue weighted by atomic mass is 16.3. The van der Waals surface area contributed by atoms with Crippen molar-refractivity contribution in [3.63, 3.8) is 0 Å². The Morgan fingerprint density at radius 2 is 1.96 bits per heavy atom. The van der Waals surface area contributed by atoms with Crippen LogP contribution in [0.15, 0.2) is 11.6 Å². The van der Waals surface area contributed by atoms with Crippen molar-refractivity contribution in [1.82, 2.24) is 0 Å². The van der Waals surface area contributed by atoms with Gasteiger partial charge in [-0.3, -0.25) is 9.59 Å². The van der Waals surface area contributed by atoms with Gasteiger partial charge in [0.15, 0.2) is 11.6 Å². The molecule has 0 radical (unpaired) electrons. The molecule has 0 bridgehead atoms. The Morgan fingerprint density at radius 3 is 2.65 bits per heavy atom. The van der Waals surface area contributed by atoms with Gasteiger partial charge in [-0.2, -0.15) is 0 Å². The Kier molecular flexibility index (Phi) is 4.04. The molecule has 3 fully saturated rings. The molecule has 5 nitrogen and oxygen atoms in total. The summed E-state index contributed by atoms with van der Waals surface area (Å²) in [6.07, 6.45) is 5.74. The number of aliphatic hydroxyl groups excluding tert-OH is 2. The average Bonchev–Trinajstić information content (AvgIpc) is 2.86. The number of hydrogen-bond donors (Lipinski definition) is 3. The van der Waals surface area contributed by atoms with Crippen LogP contribution in [0.4, 0.5) is 0 Å². The van der Waals surface area contributed by atoms with Gasteiger partial charge in [0.05, 0.1) is 6.10 Å². The summed E-state index contributed by atoms with van der Waals surface area (Å²) in [5, 5.41) is 31.7. The van der Waals surface area contributed by atoms with Gasteiger partial charge in [0.2, 0.25) is 0 Å². The van der Waals surface area contributed by atoms with Crippen molar-refractivity contribution in [2.75, 3.05) is 6.61 Å². The zero-order chi connectivity index (χ0) is 18.9. The number of aliphatic hydroxyl groups is 3. The van der Waals surface area contributed by atoms with Crippen LogP contribution < -0.4 is 0 Å².